The molecule has 1 N–H and O–H groups in total. The van der Waals surface area contributed by atoms with Gasteiger partial charge >= 0.3 is 0 Å². The van der Waals surface area contributed by atoms with Crippen LogP contribution >= 0.6 is 11.3 Å². The summed E-state index contributed by atoms with van der Waals surface area (Å²) in [6.45, 7) is 2.20. The molecule has 0 atom stereocenters. The monoisotopic (exact) mass is 318 g/mol. The van der Waals surface area contributed by atoms with Gasteiger partial charge in [-0.15, -0.1) is 11.3 Å². The highest BCUT2D eigenvalue weighted by atomic mass is 32.1. The smallest absolute Gasteiger partial charge is 0.296 e. The molecule has 0 unspecified atom stereocenters. The number of amides is 1. The van der Waals surface area contributed by atoms with Gasteiger partial charge in [0.15, 0.2) is 0 Å². The van der Waals surface area contributed by atoms with E-state index in [1.54, 1.807) is 19.1 Å². The number of thiophene rings is 1. The first-order valence-electron chi connectivity index (χ1n) is 6.54. The largest absolute Gasteiger partial charge is 0.494 e. The zero-order chi connectivity index (χ0) is 15.9. The van der Waals surface area contributed by atoms with Gasteiger partial charge in [0.05, 0.1) is 17.6 Å². The predicted molar refractivity (Wildman–Crippen MR) is 86.2 cm³/mol. The molecule has 0 saturated heterocycles. The van der Waals surface area contributed by atoms with Crippen LogP contribution in [-0.2, 0) is 4.79 Å². The lowest BCUT2D eigenvalue weighted by molar-refractivity contribution is -0.384. The number of benzene rings is 1. The third kappa shape index (κ3) is 4.16. The molecule has 0 saturated carbocycles. The van der Waals surface area contributed by atoms with E-state index in [4.69, 9.17) is 4.74 Å². The second-order valence-electron chi connectivity index (χ2n) is 4.21. The summed E-state index contributed by atoms with van der Waals surface area (Å²) >= 11 is 1.50. The van der Waals surface area contributed by atoms with E-state index >= 15 is 0 Å². The van der Waals surface area contributed by atoms with Crippen molar-refractivity contribution in [2.24, 2.45) is 0 Å². The minimum atomic E-state index is -0.554. The Kier molecular flexibility index (Phi) is 5.26. The van der Waals surface area contributed by atoms with Crippen molar-refractivity contribution < 1.29 is 14.5 Å². The minimum absolute atomic E-state index is 0.134. The summed E-state index contributed by atoms with van der Waals surface area (Å²) in [6, 6.07) is 8.07. The van der Waals surface area contributed by atoms with E-state index in [9.17, 15) is 14.9 Å². The molecule has 0 fully saturated rings. The summed E-state index contributed by atoms with van der Waals surface area (Å²) in [6.07, 6.45) is 2.99. The van der Waals surface area contributed by atoms with Crippen LogP contribution in [0.3, 0.4) is 0 Å². The number of nitrogens with zero attached hydrogens (tertiary/aromatic N) is 1. The third-order valence-corrected chi connectivity index (χ3v) is 3.51. The van der Waals surface area contributed by atoms with Crippen LogP contribution < -0.4 is 10.1 Å². The number of nitro groups is 1. The van der Waals surface area contributed by atoms with Gasteiger partial charge in [0.1, 0.15) is 11.4 Å². The first-order valence-corrected chi connectivity index (χ1v) is 7.42. The first-order chi connectivity index (χ1) is 10.6. The average Bonchev–Trinajstić information content (AvgIpc) is 3.00. The lowest BCUT2D eigenvalue weighted by Crippen LogP contribution is -2.09. The van der Waals surface area contributed by atoms with Gasteiger partial charge in [0, 0.05) is 11.0 Å². The Balaban J connectivity index is 2.14. The molecule has 0 aliphatic heterocycles. The molecule has 0 spiro atoms. The molecular formula is C15H14N2O4S. The fraction of sp³-hybridized carbons (Fsp3) is 0.133. The number of hydrogen-bond acceptors (Lipinski definition) is 5. The SMILES string of the molecule is CCOc1ccc(NC(=O)C=Cc2cccs2)c([N+](=O)[O-])c1. The van der Waals surface area contributed by atoms with Gasteiger partial charge in [0.2, 0.25) is 5.91 Å². The zero-order valence-corrected chi connectivity index (χ0v) is 12.6. The quantitative estimate of drug-likeness (QED) is 0.500. The molecule has 6 nitrogen and oxygen atoms in total. The van der Waals surface area contributed by atoms with E-state index in [1.807, 2.05) is 17.5 Å². The number of carbonyl (C=O) groups is 1. The van der Waals surface area contributed by atoms with Crippen LogP contribution in [-0.4, -0.2) is 17.4 Å². The van der Waals surface area contributed by atoms with Crippen molar-refractivity contribution in [1.82, 2.24) is 0 Å². The Morgan fingerprint density at radius 2 is 2.27 bits per heavy atom. The summed E-state index contributed by atoms with van der Waals surface area (Å²) in [5, 5.41) is 15.5. The maximum absolute atomic E-state index is 11.8. The van der Waals surface area contributed by atoms with Crippen molar-refractivity contribution in [2.75, 3.05) is 11.9 Å². The molecule has 22 heavy (non-hydrogen) atoms. The molecule has 1 aromatic carbocycles. The number of nitrogens with one attached hydrogen (secondary N) is 1. The van der Waals surface area contributed by atoms with Crippen molar-refractivity contribution >= 4 is 34.7 Å². The highest BCUT2D eigenvalue weighted by molar-refractivity contribution is 7.10. The van der Waals surface area contributed by atoms with Gasteiger partial charge in [-0.3, -0.25) is 14.9 Å². The first kappa shape index (κ1) is 15.7. The van der Waals surface area contributed by atoms with Gasteiger partial charge in [-0.25, -0.2) is 0 Å². The minimum Gasteiger partial charge on any atom is -0.494 e. The number of carbonyl (C=O) groups excluding carboxylic acids is 1. The molecule has 0 bridgehead atoms. The van der Waals surface area contributed by atoms with Crippen molar-refractivity contribution in [3.8, 4) is 5.75 Å². The lowest BCUT2D eigenvalue weighted by atomic mass is 10.2. The van der Waals surface area contributed by atoms with Crippen LogP contribution in [0.1, 0.15) is 11.8 Å². The molecule has 0 aliphatic carbocycles. The normalized spacial score (nSPS) is 10.6. The lowest BCUT2D eigenvalue weighted by Gasteiger charge is -2.06. The van der Waals surface area contributed by atoms with E-state index in [0.29, 0.717) is 12.4 Å². The Hall–Kier alpha value is -2.67. The third-order valence-electron chi connectivity index (χ3n) is 2.68. The van der Waals surface area contributed by atoms with E-state index in [1.165, 1.54) is 29.5 Å². The number of hydrogen-bond donors (Lipinski definition) is 1. The fourth-order valence-corrected chi connectivity index (χ4v) is 2.36. The van der Waals surface area contributed by atoms with Crippen molar-refractivity contribution in [2.45, 2.75) is 6.92 Å². The molecule has 2 rings (SSSR count). The van der Waals surface area contributed by atoms with E-state index < -0.39 is 10.8 Å². The molecule has 1 heterocycles. The Morgan fingerprint density at radius 1 is 1.45 bits per heavy atom. The molecule has 0 aliphatic rings. The van der Waals surface area contributed by atoms with Gasteiger partial charge in [-0.2, -0.15) is 0 Å². The number of nitro benzene ring substituents is 1. The Labute approximate surface area is 131 Å². The molecule has 7 heteroatoms. The highest BCUT2D eigenvalue weighted by Gasteiger charge is 2.16. The maximum Gasteiger partial charge on any atom is 0.296 e. The Morgan fingerprint density at radius 3 is 2.91 bits per heavy atom. The molecule has 1 amide bonds. The van der Waals surface area contributed by atoms with Crippen LogP contribution in [0.25, 0.3) is 6.08 Å². The summed E-state index contributed by atoms with van der Waals surface area (Å²) in [5.41, 5.74) is -0.0712. The van der Waals surface area contributed by atoms with Crippen LogP contribution in [0.4, 0.5) is 11.4 Å². The predicted octanol–water partition coefficient (Wildman–Crippen LogP) is 3.71. The van der Waals surface area contributed by atoms with E-state index in [0.717, 1.165) is 4.88 Å². The van der Waals surface area contributed by atoms with Crippen LogP contribution in [0, 0.1) is 10.1 Å². The van der Waals surface area contributed by atoms with Gasteiger partial charge in [0.25, 0.3) is 5.69 Å². The van der Waals surface area contributed by atoms with Crippen molar-refractivity contribution in [3.63, 3.8) is 0 Å². The molecule has 1 aromatic heterocycles. The second kappa shape index (κ2) is 7.37. The number of anilines is 1. The molecule has 114 valence electrons. The Bertz CT molecular complexity index is 696. The van der Waals surface area contributed by atoms with Crippen molar-refractivity contribution in [3.05, 3.63) is 56.8 Å². The highest BCUT2D eigenvalue weighted by Crippen LogP contribution is 2.29. The van der Waals surface area contributed by atoms with Crippen LogP contribution in [0.15, 0.2) is 41.8 Å². The van der Waals surface area contributed by atoms with Crippen LogP contribution in [0.2, 0.25) is 0 Å². The molecule has 2 aromatic rings. The van der Waals surface area contributed by atoms with E-state index in [-0.39, 0.29) is 11.4 Å². The molecular weight excluding hydrogens is 304 g/mol. The summed E-state index contributed by atoms with van der Waals surface area (Å²) in [5.74, 6) is -0.0398. The zero-order valence-electron chi connectivity index (χ0n) is 11.8. The maximum atomic E-state index is 11.8. The van der Waals surface area contributed by atoms with Gasteiger partial charge in [-0.05, 0) is 36.6 Å². The summed E-state index contributed by atoms with van der Waals surface area (Å²) < 4.78 is 5.22. The number of rotatable bonds is 6. The van der Waals surface area contributed by atoms with Crippen molar-refractivity contribution in [1.29, 1.82) is 0 Å². The second-order valence-corrected chi connectivity index (χ2v) is 5.19. The fourth-order valence-electron chi connectivity index (χ4n) is 1.74. The number of ether oxygens (including phenoxy) is 1. The van der Waals surface area contributed by atoms with Gasteiger partial charge in [-0.1, -0.05) is 6.07 Å². The van der Waals surface area contributed by atoms with E-state index in [2.05, 4.69) is 5.32 Å². The average molecular weight is 318 g/mol. The topological polar surface area (TPSA) is 81.5 Å². The molecule has 0 radical (unpaired) electrons. The summed E-state index contributed by atoms with van der Waals surface area (Å²) in [7, 11) is 0. The summed E-state index contributed by atoms with van der Waals surface area (Å²) in [4.78, 5) is 23.3. The van der Waals surface area contributed by atoms with Gasteiger partial charge < -0.3 is 10.1 Å². The standard InChI is InChI=1S/C15H14N2O4S/c1-2-21-11-5-7-13(14(10-11)17(19)20)16-15(18)8-6-12-4-3-9-22-12/h3-10H,2H2,1H3,(H,16,18). The van der Waals surface area contributed by atoms with Crippen LogP contribution in [0.5, 0.6) is 5.75 Å².